The summed E-state index contributed by atoms with van der Waals surface area (Å²) in [6, 6.07) is 0. The highest BCUT2D eigenvalue weighted by Crippen LogP contribution is 2.32. The molecule has 5 heteroatoms. The molecule has 0 rings (SSSR count). The van der Waals surface area contributed by atoms with Crippen molar-refractivity contribution in [3.63, 3.8) is 0 Å². The second kappa shape index (κ2) is 16.7. The third-order valence-electron chi connectivity index (χ3n) is 5.03. The number of rotatable bonds is 17. The van der Waals surface area contributed by atoms with E-state index in [2.05, 4.69) is 20.8 Å². The standard InChI is InChI=1S/C23H44O4Si/c1-7-17-24-20(4)11-10-14-23(27-28,15-12-21(5)25-18-8-2)16-13-22(6)26-19-9-3/h7-9,17-22H,10-16H2,1-6,28H3. The molecule has 0 saturated heterocycles. The fourth-order valence-electron chi connectivity index (χ4n) is 3.17. The zero-order valence-corrected chi connectivity index (χ0v) is 21.3. The molecule has 0 heterocycles. The molecule has 0 amide bonds. The zero-order chi connectivity index (χ0) is 21.3. The Bertz CT molecular complexity index is 424. The van der Waals surface area contributed by atoms with Crippen molar-refractivity contribution in [2.24, 2.45) is 0 Å². The van der Waals surface area contributed by atoms with Crippen LogP contribution in [-0.4, -0.2) is 34.4 Å². The van der Waals surface area contributed by atoms with Gasteiger partial charge in [0, 0.05) is 0 Å². The molecule has 0 fully saturated rings. The molecule has 3 unspecified atom stereocenters. The molecule has 28 heavy (non-hydrogen) atoms. The van der Waals surface area contributed by atoms with Gasteiger partial charge in [0.15, 0.2) is 0 Å². The van der Waals surface area contributed by atoms with E-state index in [1.807, 2.05) is 39.0 Å². The van der Waals surface area contributed by atoms with Gasteiger partial charge in [-0.05, 0) is 86.5 Å². The minimum Gasteiger partial charge on any atom is -0.499 e. The summed E-state index contributed by atoms with van der Waals surface area (Å²) < 4.78 is 23.3. The summed E-state index contributed by atoms with van der Waals surface area (Å²) in [5, 5.41) is 0. The average molecular weight is 413 g/mol. The molecule has 0 spiro atoms. The lowest BCUT2D eigenvalue weighted by atomic mass is 9.85. The first kappa shape index (κ1) is 26.8. The number of allylic oxidation sites excluding steroid dienone is 3. The van der Waals surface area contributed by atoms with Gasteiger partial charge < -0.3 is 18.6 Å². The Morgan fingerprint density at radius 3 is 1.43 bits per heavy atom. The largest absolute Gasteiger partial charge is 0.499 e. The Morgan fingerprint density at radius 1 is 0.679 bits per heavy atom. The highest BCUT2D eigenvalue weighted by molar-refractivity contribution is 5.98. The SMILES string of the molecule is CC=COC(C)CCCC(CCC(C)OC=CC)(CCC(C)OC=CC)O[SiH3]. The summed E-state index contributed by atoms with van der Waals surface area (Å²) in [6.07, 6.45) is 18.9. The summed E-state index contributed by atoms with van der Waals surface area (Å²) in [5.74, 6) is 0. The van der Waals surface area contributed by atoms with Crippen LogP contribution in [0.4, 0.5) is 0 Å². The van der Waals surface area contributed by atoms with Crippen LogP contribution in [0.5, 0.6) is 0 Å². The molecule has 0 aliphatic carbocycles. The number of hydrogen-bond donors (Lipinski definition) is 0. The van der Waals surface area contributed by atoms with E-state index in [0.29, 0.717) is 0 Å². The van der Waals surface area contributed by atoms with Gasteiger partial charge in [-0.2, -0.15) is 0 Å². The van der Waals surface area contributed by atoms with Crippen molar-refractivity contribution in [1.29, 1.82) is 0 Å². The fraction of sp³-hybridized carbons (Fsp3) is 0.739. The first-order chi connectivity index (χ1) is 13.4. The van der Waals surface area contributed by atoms with Crippen molar-refractivity contribution in [1.82, 2.24) is 0 Å². The minimum atomic E-state index is -0.0896. The monoisotopic (exact) mass is 412 g/mol. The molecule has 0 aliphatic rings. The Hall–Kier alpha value is -1.20. The van der Waals surface area contributed by atoms with Gasteiger partial charge in [-0.15, -0.1) is 0 Å². The second-order valence-electron chi connectivity index (χ2n) is 7.61. The van der Waals surface area contributed by atoms with Crippen molar-refractivity contribution >= 4 is 10.5 Å². The lowest BCUT2D eigenvalue weighted by Crippen LogP contribution is -2.34. The predicted molar refractivity (Wildman–Crippen MR) is 122 cm³/mol. The van der Waals surface area contributed by atoms with Gasteiger partial charge in [0.2, 0.25) is 0 Å². The van der Waals surface area contributed by atoms with Crippen LogP contribution in [-0.2, 0) is 18.6 Å². The Morgan fingerprint density at radius 2 is 1.07 bits per heavy atom. The summed E-state index contributed by atoms with van der Waals surface area (Å²) in [7, 11) is 0.735. The summed E-state index contributed by atoms with van der Waals surface area (Å²) in [5.41, 5.74) is -0.0896. The fourth-order valence-corrected chi connectivity index (χ4v) is 3.78. The van der Waals surface area contributed by atoms with Crippen LogP contribution in [0.3, 0.4) is 0 Å². The van der Waals surface area contributed by atoms with Crippen LogP contribution in [0, 0.1) is 0 Å². The average Bonchev–Trinajstić information content (AvgIpc) is 2.70. The van der Waals surface area contributed by atoms with Gasteiger partial charge in [-0.1, -0.05) is 18.2 Å². The van der Waals surface area contributed by atoms with Crippen LogP contribution in [0.2, 0.25) is 0 Å². The Labute approximate surface area is 176 Å². The van der Waals surface area contributed by atoms with Crippen LogP contribution in [0.15, 0.2) is 37.0 Å². The van der Waals surface area contributed by atoms with Crippen molar-refractivity contribution in [3.05, 3.63) is 37.0 Å². The van der Waals surface area contributed by atoms with Crippen molar-refractivity contribution in [2.45, 2.75) is 110 Å². The molecule has 0 aromatic carbocycles. The number of ether oxygens (including phenoxy) is 3. The van der Waals surface area contributed by atoms with E-state index in [1.165, 1.54) is 0 Å². The van der Waals surface area contributed by atoms with E-state index in [-0.39, 0.29) is 23.9 Å². The lowest BCUT2D eigenvalue weighted by Gasteiger charge is -2.35. The van der Waals surface area contributed by atoms with Gasteiger partial charge in [0.05, 0.1) is 42.7 Å². The van der Waals surface area contributed by atoms with Crippen molar-refractivity contribution in [3.8, 4) is 0 Å². The van der Waals surface area contributed by atoms with E-state index < -0.39 is 0 Å². The molecule has 0 aromatic heterocycles. The van der Waals surface area contributed by atoms with Gasteiger partial charge in [-0.25, -0.2) is 0 Å². The van der Waals surface area contributed by atoms with Gasteiger partial charge in [0.1, 0.15) is 10.5 Å². The maximum absolute atomic E-state index is 6.25. The summed E-state index contributed by atoms with van der Waals surface area (Å²) >= 11 is 0. The van der Waals surface area contributed by atoms with E-state index in [1.54, 1.807) is 18.8 Å². The topological polar surface area (TPSA) is 36.9 Å². The third-order valence-corrected chi connectivity index (χ3v) is 5.90. The lowest BCUT2D eigenvalue weighted by molar-refractivity contribution is 0.0131. The van der Waals surface area contributed by atoms with E-state index in [4.69, 9.17) is 18.6 Å². The van der Waals surface area contributed by atoms with E-state index in [9.17, 15) is 0 Å². The van der Waals surface area contributed by atoms with Crippen LogP contribution in [0.25, 0.3) is 0 Å². The normalized spacial score (nSPS) is 17.8. The molecule has 0 bridgehead atoms. The Balaban J connectivity index is 4.82. The molecule has 0 aromatic rings. The van der Waals surface area contributed by atoms with Crippen molar-refractivity contribution in [2.75, 3.05) is 0 Å². The van der Waals surface area contributed by atoms with E-state index in [0.717, 1.165) is 55.4 Å². The second-order valence-corrected chi connectivity index (χ2v) is 8.01. The van der Waals surface area contributed by atoms with E-state index >= 15 is 0 Å². The molecule has 0 aliphatic heterocycles. The number of hydrogen-bond acceptors (Lipinski definition) is 4. The van der Waals surface area contributed by atoms with Gasteiger partial charge >= 0.3 is 0 Å². The van der Waals surface area contributed by atoms with Gasteiger partial charge in [0.25, 0.3) is 0 Å². The minimum absolute atomic E-state index is 0.0896. The molecule has 164 valence electrons. The molecule has 3 atom stereocenters. The highest BCUT2D eigenvalue weighted by Gasteiger charge is 2.30. The summed E-state index contributed by atoms with van der Waals surface area (Å²) in [4.78, 5) is 0. The molecule has 4 nitrogen and oxygen atoms in total. The van der Waals surface area contributed by atoms with Crippen LogP contribution >= 0.6 is 0 Å². The first-order valence-corrected chi connectivity index (χ1v) is 11.6. The maximum atomic E-state index is 6.25. The first-order valence-electron chi connectivity index (χ1n) is 10.8. The van der Waals surface area contributed by atoms with Crippen LogP contribution < -0.4 is 0 Å². The zero-order valence-electron chi connectivity index (χ0n) is 19.3. The maximum Gasteiger partial charge on any atom is 0.146 e. The molecular weight excluding hydrogens is 368 g/mol. The van der Waals surface area contributed by atoms with Crippen molar-refractivity contribution < 1.29 is 18.6 Å². The Kier molecular flexibility index (Phi) is 16.0. The quantitative estimate of drug-likeness (QED) is 0.231. The molecular formula is C23H44O4Si. The third kappa shape index (κ3) is 13.1. The molecule has 0 radical (unpaired) electrons. The predicted octanol–water partition coefficient (Wildman–Crippen LogP) is 5.57. The highest BCUT2D eigenvalue weighted by atomic mass is 28.2. The molecule has 0 N–H and O–H groups in total. The smallest absolute Gasteiger partial charge is 0.146 e. The van der Waals surface area contributed by atoms with Crippen LogP contribution in [0.1, 0.15) is 86.5 Å². The summed E-state index contributed by atoms with van der Waals surface area (Å²) in [6.45, 7) is 12.3. The molecule has 0 saturated carbocycles. The van der Waals surface area contributed by atoms with Gasteiger partial charge in [-0.3, -0.25) is 0 Å².